The molecule has 6 N–H and O–H groups in total. The van der Waals surface area contributed by atoms with E-state index in [0.717, 1.165) is 54.9 Å². The van der Waals surface area contributed by atoms with E-state index in [1.807, 2.05) is 170 Å². The van der Waals surface area contributed by atoms with Gasteiger partial charge in [-0.15, -0.1) is 0 Å². The predicted molar refractivity (Wildman–Crippen MR) is 282 cm³/mol. The third kappa shape index (κ3) is 9.81. The molecule has 70 heavy (non-hydrogen) atoms. The molecule has 0 unspecified atom stereocenters. The molecule has 0 fully saturated rings. The molecule has 0 amide bonds. The molecule has 0 saturated heterocycles. The molecular weight excluding hydrogens is 861 g/mol. The maximum atomic E-state index is 10.8. The van der Waals surface area contributed by atoms with Crippen LogP contribution in [0.15, 0.2) is 206 Å². The summed E-state index contributed by atoms with van der Waals surface area (Å²) < 4.78 is 13.6. The highest BCUT2D eigenvalue weighted by Crippen LogP contribution is 2.49. The fourth-order valence-electron chi connectivity index (χ4n) is 7.88. The first-order valence-electron chi connectivity index (χ1n) is 22.3. The molecule has 0 bridgehead atoms. The van der Waals surface area contributed by atoms with Gasteiger partial charge in [-0.2, -0.15) is 0 Å². The van der Waals surface area contributed by atoms with Gasteiger partial charge in [0.15, 0.2) is 0 Å². The summed E-state index contributed by atoms with van der Waals surface area (Å²) in [6, 6.07) is 64.7. The largest absolute Gasteiger partial charge is 0.506 e. The molecule has 10 aromatic rings. The number of nitrogens with two attached hydrogens (primary N) is 2. The highest BCUT2D eigenvalue weighted by molar-refractivity contribution is 6.11. The van der Waals surface area contributed by atoms with Crippen molar-refractivity contribution in [3.8, 4) is 93.0 Å². The van der Waals surface area contributed by atoms with Crippen LogP contribution in [-0.4, -0.2) is 10.2 Å². The molecule has 0 aliphatic carbocycles. The lowest BCUT2D eigenvalue weighted by molar-refractivity contribution is 0.454. The first-order valence-corrected chi connectivity index (χ1v) is 22.3. The molecule has 6 nitrogen and oxygen atoms in total. The van der Waals surface area contributed by atoms with Gasteiger partial charge in [-0.25, -0.2) is 0 Å². The minimum Gasteiger partial charge on any atom is -0.506 e. The molecule has 0 atom stereocenters. The lowest BCUT2D eigenvalue weighted by atomic mass is 9.88. The maximum Gasteiger partial charge on any atom is 0.142 e. The number of nitrogen functional groups attached to an aromatic ring is 2. The van der Waals surface area contributed by atoms with Crippen LogP contribution in [0.5, 0.6) is 34.5 Å². The van der Waals surface area contributed by atoms with Crippen molar-refractivity contribution in [1.82, 2.24) is 0 Å². The van der Waals surface area contributed by atoms with E-state index < -0.39 is 0 Å². The monoisotopic (exact) mass is 900 g/mol. The van der Waals surface area contributed by atoms with E-state index in [0.29, 0.717) is 45.3 Å². The van der Waals surface area contributed by atoms with Gasteiger partial charge in [-0.1, -0.05) is 132 Å². The Morgan fingerprint density at radius 3 is 0.943 bits per heavy atom. The van der Waals surface area contributed by atoms with E-state index in [2.05, 4.69) is 47.4 Å². The second-order valence-corrected chi connectivity index (χ2v) is 16.2. The average Bonchev–Trinajstić information content (AvgIpc) is 3.39. The van der Waals surface area contributed by atoms with Crippen molar-refractivity contribution in [3.05, 3.63) is 251 Å². The van der Waals surface area contributed by atoms with Crippen LogP contribution in [0.3, 0.4) is 0 Å². The number of hydrogen-bond donors (Lipinski definition) is 4. The minimum atomic E-state index is -0.122. The second kappa shape index (κ2) is 19.7. The number of phenols is 2. The van der Waals surface area contributed by atoms with Crippen molar-refractivity contribution >= 4 is 32.9 Å². The molecule has 0 saturated carbocycles. The maximum absolute atomic E-state index is 10.8. The zero-order valence-electron chi connectivity index (χ0n) is 37.5. The molecule has 0 heterocycles. The molecule has 0 aliphatic rings. The fourth-order valence-corrected chi connectivity index (χ4v) is 7.88. The Bertz CT molecular complexity index is 3620. The van der Waals surface area contributed by atoms with E-state index in [1.165, 1.54) is 12.1 Å². The highest BCUT2D eigenvalue weighted by Gasteiger charge is 2.23. The van der Waals surface area contributed by atoms with Crippen LogP contribution in [0.25, 0.3) is 32.7 Å². The normalized spacial score (nSPS) is 10.3. The van der Waals surface area contributed by atoms with E-state index >= 15 is 0 Å². The lowest BCUT2D eigenvalue weighted by Gasteiger charge is -2.21. The zero-order valence-corrected chi connectivity index (χ0v) is 37.5. The number of hydrogen-bond acceptors (Lipinski definition) is 6. The summed E-state index contributed by atoms with van der Waals surface area (Å²) in [6.45, 7) is 0. The van der Waals surface area contributed by atoms with Crippen molar-refractivity contribution in [2.75, 3.05) is 11.5 Å². The standard InChI is InChI=1S/C64H40N2O4/c65-57-33-31-53(41-59(57)67)69-61-35-29-51-37-47(25-21-43-13-5-1-6-14-43)49(27-23-45-17-9-3-10-18-45)39-55(51)63(61)64-56-40-50(28-24-46-19-11-4-12-20-46)48(26-22-44-15-7-2-8-16-44)38-52(56)30-36-62(64)70-54-32-34-58(66)60(68)42-54/h1-20,29-42,67-68H,65-66H2. The summed E-state index contributed by atoms with van der Waals surface area (Å²) in [7, 11) is 0. The number of ether oxygens (including phenoxy) is 2. The number of benzene rings is 10. The van der Waals surface area contributed by atoms with Gasteiger partial charge in [0.1, 0.15) is 34.5 Å². The summed E-state index contributed by atoms with van der Waals surface area (Å²) in [5, 5.41) is 24.8. The van der Waals surface area contributed by atoms with Crippen LogP contribution in [0.4, 0.5) is 11.4 Å². The van der Waals surface area contributed by atoms with Crippen molar-refractivity contribution in [3.63, 3.8) is 0 Å². The Labute approximate surface area is 406 Å². The molecule has 330 valence electrons. The number of phenolic OH excluding ortho intramolecular Hbond substituents is 2. The SMILES string of the molecule is Nc1ccc(Oc2ccc3cc(C#Cc4ccccc4)c(C#Cc4ccccc4)cc3c2-c2c(Oc3ccc(N)c(O)c3)ccc3cc(C#Cc4ccccc4)c(C#Cc4ccccc4)cc23)cc1O. The molecule has 0 aliphatic heterocycles. The van der Waals surface area contributed by atoms with Crippen molar-refractivity contribution < 1.29 is 19.7 Å². The summed E-state index contributed by atoms with van der Waals surface area (Å²) >= 11 is 0. The molecule has 0 radical (unpaired) electrons. The van der Waals surface area contributed by atoms with Gasteiger partial charge in [0.25, 0.3) is 0 Å². The Morgan fingerprint density at radius 2 is 0.629 bits per heavy atom. The molecule has 6 heteroatoms. The van der Waals surface area contributed by atoms with Crippen molar-refractivity contribution in [2.45, 2.75) is 0 Å². The van der Waals surface area contributed by atoms with Crippen LogP contribution in [0.2, 0.25) is 0 Å². The number of fused-ring (bicyclic) bond motifs is 2. The third-order valence-electron chi connectivity index (χ3n) is 11.4. The van der Waals surface area contributed by atoms with Crippen molar-refractivity contribution in [2.24, 2.45) is 0 Å². The fraction of sp³-hybridized carbons (Fsp3) is 0. The Hall–Kier alpha value is -10.2. The van der Waals surface area contributed by atoms with Crippen LogP contribution in [0.1, 0.15) is 44.5 Å². The summed E-state index contributed by atoms with van der Waals surface area (Å²) in [4.78, 5) is 0. The first kappa shape index (κ1) is 43.6. The number of aromatic hydroxyl groups is 2. The van der Waals surface area contributed by atoms with Crippen LogP contribution in [0, 0.1) is 47.4 Å². The van der Waals surface area contributed by atoms with E-state index in [1.54, 1.807) is 24.3 Å². The third-order valence-corrected chi connectivity index (χ3v) is 11.4. The molecule has 0 spiro atoms. The van der Waals surface area contributed by atoms with Gasteiger partial charge in [0.2, 0.25) is 0 Å². The van der Waals surface area contributed by atoms with E-state index in [9.17, 15) is 10.2 Å². The molecule has 10 aromatic carbocycles. The van der Waals surface area contributed by atoms with Gasteiger partial charge in [0, 0.05) is 67.8 Å². The molecule has 0 aromatic heterocycles. The summed E-state index contributed by atoms with van der Waals surface area (Å²) in [5.74, 6) is 28.5. The Morgan fingerprint density at radius 1 is 0.314 bits per heavy atom. The number of anilines is 2. The zero-order chi connectivity index (χ0) is 47.8. The highest BCUT2D eigenvalue weighted by atomic mass is 16.5. The predicted octanol–water partition coefficient (Wildman–Crippen LogP) is 13.4. The summed E-state index contributed by atoms with van der Waals surface area (Å²) in [6.07, 6.45) is 0. The van der Waals surface area contributed by atoms with Gasteiger partial charge >= 0.3 is 0 Å². The van der Waals surface area contributed by atoms with E-state index in [-0.39, 0.29) is 22.9 Å². The van der Waals surface area contributed by atoms with Gasteiger partial charge < -0.3 is 31.2 Å². The Balaban J connectivity index is 1.30. The van der Waals surface area contributed by atoms with Gasteiger partial charge in [-0.3, -0.25) is 0 Å². The Kier molecular flexibility index (Phi) is 12.3. The van der Waals surface area contributed by atoms with Crippen molar-refractivity contribution in [1.29, 1.82) is 0 Å². The van der Waals surface area contributed by atoms with Gasteiger partial charge in [0.05, 0.1) is 11.4 Å². The second-order valence-electron chi connectivity index (χ2n) is 16.2. The number of rotatable bonds is 5. The summed E-state index contributed by atoms with van der Waals surface area (Å²) in [5.41, 5.74) is 20.1. The van der Waals surface area contributed by atoms with Crippen LogP contribution < -0.4 is 20.9 Å². The quantitative estimate of drug-likeness (QED) is 0.0778. The smallest absolute Gasteiger partial charge is 0.142 e. The van der Waals surface area contributed by atoms with E-state index in [4.69, 9.17) is 20.9 Å². The average molecular weight is 901 g/mol. The molecule has 10 rings (SSSR count). The first-order chi connectivity index (χ1) is 34.3. The lowest BCUT2D eigenvalue weighted by Crippen LogP contribution is -1.98. The van der Waals surface area contributed by atoms with Gasteiger partial charge in [-0.05, 0) is 131 Å². The topological polar surface area (TPSA) is 111 Å². The van der Waals surface area contributed by atoms with Crippen LogP contribution in [-0.2, 0) is 0 Å². The molecular formula is C64H40N2O4. The van der Waals surface area contributed by atoms with Crippen LogP contribution >= 0.6 is 0 Å². The minimum absolute atomic E-state index is 0.122.